The molecule has 1 aliphatic carbocycles. The Balaban J connectivity index is 1.70. The summed E-state index contributed by atoms with van der Waals surface area (Å²) in [4.78, 5) is 11.7. The van der Waals surface area contributed by atoms with Crippen molar-refractivity contribution in [3.8, 4) is 5.75 Å². The average molecular weight is 287 g/mol. The second-order valence-electron chi connectivity index (χ2n) is 5.57. The molecule has 1 aliphatic rings. The fourth-order valence-corrected chi connectivity index (χ4v) is 2.77. The third kappa shape index (κ3) is 5.62. The van der Waals surface area contributed by atoms with Crippen LogP contribution in [0.2, 0.25) is 0 Å². The van der Waals surface area contributed by atoms with Crippen LogP contribution in [-0.2, 0) is 4.79 Å². The molecule has 1 aromatic carbocycles. The summed E-state index contributed by atoms with van der Waals surface area (Å²) in [6.45, 7) is 3.42. The highest BCUT2D eigenvalue weighted by Crippen LogP contribution is 2.26. The van der Waals surface area contributed by atoms with Gasteiger partial charge in [0.2, 0.25) is 5.91 Å². The topological polar surface area (TPSA) is 38.3 Å². The number of carbonyl (C=O) groups excluding carboxylic acids is 1. The first-order valence-corrected chi connectivity index (χ1v) is 7.96. The lowest BCUT2D eigenvalue weighted by molar-refractivity contribution is -0.116. The van der Waals surface area contributed by atoms with Crippen LogP contribution in [0.15, 0.2) is 30.3 Å². The highest BCUT2D eigenvalue weighted by atomic mass is 16.5. The van der Waals surface area contributed by atoms with Gasteiger partial charge in [-0.3, -0.25) is 4.79 Å². The molecule has 2 rings (SSSR count). The summed E-state index contributed by atoms with van der Waals surface area (Å²) in [5.74, 6) is 1.66. The largest absolute Gasteiger partial charge is 0.494 e. The predicted molar refractivity (Wildman–Crippen MR) is 86.2 cm³/mol. The number of hydrogen-bond donors (Lipinski definition) is 1. The van der Waals surface area contributed by atoms with Crippen LogP contribution in [0.1, 0.15) is 44.6 Å². The predicted octanol–water partition coefficient (Wildman–Crippen LogP) is 3.80. The molecule has 3 nitrogen and oxygen atoms in total. The first-order chi connectivity index (χ1) is 10.3. The Morgan fingerprint density at radius 2 is 2.00 bits per heavy atom. The van der Waals surface area contributed by atoms with Gasteiger partial charge < -0.3 is 10.1 Å². The van der Waals surface area contributed by atoms with E-state index in [1.165, 1.54) is 25.7 Å². The van der Waals surface area contributed by atoms with Crippen molar-refractivity contribution < 1.29 is 9.53 Å². The Hall–Kier alpha value is -1.77. The smallest absolute Gasteiger partial charge is 0.243 e. The zero-order valence-electron chi connectivity index (χ0n) is 12.8. The van der Waals surface area contributed by atoms with Gasteiger partial charge in [0.15, 0.2) is 0 Å². The van der Waals surface area contributed by atoms with Crippen LogP contribution in [0, 0.1) is 5.92 Å². The Morgan fingerprint density at radius 1 is 1.29 bits per heavy atom. The summed E-state index contributed by atoms with van der Waals surface area (Å²) in [7, 11) is 0. The van der Waals surface area contributed by atoms with Crippen molar-refractivity contribution in [3.63, 3.8) is 0 Å². The lowest BCUT2D eigenvalue weighted by atomic mass is 10.0. The van der Waals surface area contributed by atoms with E-state index in [1.807, 2.05) is 37.3 Å². The van der Waals surface area contributed by atoms with Crippen LogP contribution in [0.3, 0.4) is 0 Å². The van der Waals surface area contributed by atoms with Gasteiger partial charge in [0.25, 0.3) is 0 Å². The van der Waals surface area contributed by atoms with Gasteiger partial charge in [-0.05, 0) is 43.0 Å². The zero-order valence-corrected chi connectivity index (χ0v) is 12.8. The summed E-state index contributed by atoms with van der Waals surface area (Å²) in [6.07, 6.45) is 9.93. The highest BCUT2D eigenvalue weighted by molar-refractivity contribution is 5.91. The van der Waals surface area contributed by atoms with E-state index >= 15 is 0 Å². The summed E-state index contributed by atoms with van der Waals surface area (Å²) in [5.41, 5.74) is 1.00. The summed E-state index contributed by atoms with van der Waals surface area (Å²) < 4.78 is 5.38. The molecule has 0 atom stereocenters. The van der Waals surface area contributed by atoms with Crippen LogP contribution in [0.5, 0.6) is 5.75 Å². The Bertz CT molecular complexity index is 459. The Kier molecular flexibility index (Phi) is 6.32. The molecule has 0 heterocycles. The second kappa shape index (κ2) is 8.50. The lowest BCUT2D eigenvalue weighted by Gasteiger charge is -2.08. The molecule has 0 spiro atoms. The monoisotopic (exact) mass is 287 g/mol. The van der Waals surface area contributed by atoms with E-state index in [0.29, 0.717) is 6.61 Å². The number of rotatable bonds is 7. The molecule has 0 saturated heterocycles. The minimum Gasteiger partial charge on any atom is -0.494 e. The molecule has 1 saturated carbocycles. The summed E-state index contributed by atoms with van der Waals surface area (Å²) >= 11 is 0. The molecule has 0 radical (unpaired) electrons. The number of ether oxygens (including phenoxy) is 1. The number of carbonyl (C=O) groups is 1. The third-order valence-electron chi connectivity index (χ3n) is 3.94. The molecule has 1 N–H and O–H groups in total. The minimum absolute atomic E-state index is 0.0121. The van der Waals surface area contributed by atoms with Gasteiger partial charge in [-0.25, -0.2) is 0 Å². The molecule has 0 aromatic heterocycles. The first kappa shape index (κ1) is 15.6. The average Bonchev–Trinajstić information content (AvgIpc) is 3.00. The van der Waals surface area contributed by atoms with E-state index in [-0.39, 0.29) is 5.91 Å². The molecule has 114 valence electrons. The quantitative estimate of drug-likeness (QED) is 0.775. The maximum absolute atomic E-state index is 11.7. The van der Waals surface area contributed by atoms with E-state index in [0.717, 1.165) is 30.2 Å². The zero-order chi connectivity index (χ0) is 14.9. The van der Waals surface area contributed by atoms with E-state index in [9.17, 15) is 4.79 Å². The normalized spacial score (nSPS) is 15.5. The molecule has 3 heteroatoms. The van der Waals surface area contributed by atoms with Crippen LogP contribution in [0.25, 0.3) is 6.08 Å². The SMILES string of the molecule is CCOc1ccc(/C=C/C(=O)NCCC2CCCC2)cc1. The van der Waals surface area contributed by atoms with Crippen molar-refractivity contribution in [2.75, 3.05) is 13.2 Å². The van der Waals surface area contributed by atoms with Gasteiger partial charge in [-0.1, -0.05) is 37.8 Å². The maximum atomic E-state index is 11.7. The Morgan fingerprint density at radius 3 is 2.67 bits per heavy atom. The number of nitrogens with one attached hydrogen (secondary N) is 1. The number of benzene rings is 1. The second-order valence-corrected chi connectivity index (χ2v) is 5.57. The van der Waals surface area contributed by atoms with Crippen LogP contribution >= 0.6 is 0 Å². The van der Waals surface area contributed by atoms with Gasteiger partial charge in [-0.2, -0.15) is 0 Å². The van der Waals surface area contributed by atoms with Crippen molar-refractivity contribution in [1.82, 2.24) is 5.32 Å². The van der Waals surface area contributed by atoms with Crippen molar-refractivity contribution in [2.24, 2.45) is 5.92 Å². The summed E-state index contributed by atoms with van der Waals surface area (Å²) in [6, 6.07) is 7.74. The number of hydrogen-bond acceptors (Lipinski definition) is 2. The first-order valence-electron chi connectivity index (χ1n) is 7.96. The van der Waals surface area contributed by atoms with Gasteiger partial charge in [0, 0.05) is 12.6 Å². The van der Waals surface area contributed by atoms with E-state index in [4.69, 9.17) is 4.74 Å². The van der Waals surface area contributed by atoms with Crippen LogP contribution < -0.4 is 10.1 Å². The fraction of sp³-hybridized carbons (Fsp3) is 0.500. The molecule has 1 amide bonds. The maximum Gasteiger partial charge on any atom is 0.243 e. The third-order valence-corrected chi connectivity index (χ3v) is 3.94. The Labute approximate surface area is 127 Å². The van der Waals surface area contributed by atoms with Gasteiger partial charge in [0.1, 0.15) is 5.75 Å². The molecule has 1 fully saturated rings. The van der Waals surface area contributed by atoms with Gasteiger partial charge in [0.05, 0.1) is 6.61 Å². The molecule has 0 aliphatic heterocycles. The van der Waals surface area contributed by atoms with Crippen molar-refractivity contribution >= 4 is 12.0 Å². The molecule has 0 bridgehead atoms. The number of amides is 1. The molecule has 0 unspecified atom stereocenters. The standard InChI is InChI=1S/C18H25NO2/c1-2-21-17-10-7-16(8-11-17)9-12-18(20)19-14-13-15-5-3-4-6-15/h7-12,15H,2-6,13-14H2,1H3,(H,19,20)/b12-9+. The van der Waals surface area contributed by atoms with Gasteiger partial charge in [-0.15, -0.1) is 0 Å². The highest BCUT2D eigenvalue weighted by Gasteiger charge is 2.14. The van der Waals surface area contributed by atoms with Crippen LogP contribution in [-0.4, -0.2) is 19.1 Å². The van der Waals surface area contributed by atoms with Crippen molar-refractivity contribution in [2.45, 2.75) is 39.0 Å². The molecule has 21 heavy (non-hydrogen) atoms. The minimum atomic E-state index is -0.0121. The summed E-state index contributed by atoms with van der Waals surface area (Å²) in [5, 5.41) is 2.96. The lowest BCUT2D eigenvalue weighted by Crippen LogP contribution is -2.23. The molecular formula is C18H25NO2. The van der Waals surface area contributed by atoms with Crippen LogP contribution in [0.4, 0.5) is 0 Å². The van der Waals surface area contributed by atoms with Crippen molar-refractivity contribution in [3.05, 3.63) is 35.9 Å². The van der Waals surface area contributed by atoms with E-state index in [2.05, 4.69) is 5.32 Å². The fourth-order valence-electron chi connectivity index (χ4n) is 2.77. The van der Waals surface area contributed by atoms with E-state index < -0.39 is 0 Å². The molecular weight excluding hydrogens is 262 g/mol. The molecule has 1 aromatic rings. The van der Waals surface area contributed by atoms with Gasteiger partial charge >= 0.3 is 0 Å². The van der Waals surface area contributed by atoms with Crippen molar-refractivity contribution in [1.29, 1.82) is 0 Å². The van der Waals surface area contributed by atoms with E-state index in [1.54, 1.807) is 6.08 Å².